The zero-order chi connectivity index (χ0) is 13.8. The Labute approximate surface area is 107 Å². The van der Waals surface area contributed by atoms with Gasteiger partial charge in [-0.05, 0) is 18.8 Å². The number of hydrogen-bond acceptors (Lipinski definition) is 4. The van der Waals surface area contributed by atoms with Crippen molar-refractivity contribution in [1.29, 1.82) is 0 Å². The molecule has 1 fully saturated rings. The Morgan fingerprint density at radius 1 is 1.39 bits per heavy atom. The van der Waals surface area contributed by atoms with Gasteiger partial charge in [-0.15, -0.1) is 0 Å². The van der Waals surface area contributed by atoms with Gasteiger partial charge in [-0.1, -0.05) is 13.8 Å². The first-order valence-electron chi connectivity index (χ1n) is 5.92. The minimum absolute atomic E-state index is 0.0945. The number of carbonyl (C=O) groups is 1. The van der Waals surface area contributed by atoms with Crippen LogP contribution in [0.15, 0.2) is 0 Å². The van der Waals surface area contributed by atoms with Crippen LogP contribution in [0.2, 0.25) is 0 Å². The maximum atomic E-state index is 11.5. The predicted molar refractivity (Wildman–Crippen MR) is 65.3 cm³/mol. The fourth-order valence-corrected chi connectivity index (χ4v) is 2.63. The molecule has 0 aliphatic carbocycles. The third-order valence-corrected chi connectivity index (χ3v) is 3.66. The first-order chi connectivity index (χ1) is 8.30. The van der Waals surface area contributed by atoms with E-state index >= 15 is 0 Å². The molecule has 0 radical (unpaired) electrons. The zero-order valence-corrected chi connectivity index (χ0v) is 11.4. The lowest BCUT2D eigenvalue weighted by Crippen LogP contribution is -2.41. The number of carboxylic acid groups (broad SMARTS) is 1. The number of nitrogens with one attached hydrogen (secondary N) is 2. The third kappa shape index (κ3) is 5.30. The first-order valence-corrected chi connectivity index (χ1v) is 7.41. The SMILES string of the molecule is CC(C)CNS(=O)(=O)NCC1CCC(C(=O)O)O1. The van der Waals surface area contributed by atoms with Crippen LogP contribution in [0.4, 0.5) is 0 Å². The molecule has 106 valence electrons. The molecule has 2 unspecified atom stereocenters. The summed E-state index contributed by atoms with van der Waals surface area (Å²) in [5.74, 6) is -0.779. The average molecular weight is 280 g/mol. The monoisotopic (exact) mass is 280 g/mol. The van der Waals surface area contributed by atoms with Gasteiger partial charge in [-0.25, -0.2) is 9.52 Å². The molecule has 7 nitrogen and oxygen atoms in total. The largest absolute Gasteiger partial charge is 0.479 e. The van der Waals surface area contributed by atoms with Crippen molar-refractivity contribution in [3.63, 3.8) is 0 Å². The van der Waals surface area contributed by atoms with E-state index in [-0.39, 0.29) is 18.6 Å². The minimum atomic E-state index is -3.53. The number of hydrogen-bond donors (Lipinski definition) is 3. The topological polar surface area (TPSA) is 105 Å². The molecule has 1 saturated heterocycles. The van der Waals surface area contributed by atoms with E-state index in [0.29, 0.717) is 19.4 Å². The molecule has 1 rings (SSSR count). The van der Waals surface area contributed by atoms with Gasteiger partial charge in [0.25, 0.3) is 10.2 Å². The van der Waals surface area contributed by atoms with Gasteiger partial charge in [-0.3, -0.25) is 0 Å². The Kier molecular flexibility index (Phi) is 5.51. The summed E-state index contributed by atoms with van der Waals surface area (Å²) in [5, 5.41) is 8.73. The zero-order valence-electron chi connectivity index (χ0n) is 10.5. The highest BCUT2D eigenvalue weighted by Gasteiger charge is 2.30. The van der Waals surface area contributed by atoms with Crippen molar-refractivity contribution in [3.8, 4) is 0 Å². The Morgan fingerprint density at radius 3 is 2.56 bits per heavy atom. The van der Waals surface area contributed by atoms with Crippen molar-refractivity contribution in [1.82, 2.24) is 9.44 Å². The molecule has 0 aromatic heterocycles. The van der Waals surface area contributed by atoms with Crippen molar-refractivity contribution in [2.24, 2.45) is 5.92 Å². The van der Waals surface area contributed by atoms with Gasteiger partial charge in [0.2, 0.25) is 0 Å². The van der Waals surface area contributed by atoms with E-state index in [9.17, 15) is 13.2 Å². The molecule has 1 heterocycles. The molecule has 0 spiro atoms. The van der Waals surface area contributed by atoms with Crippen LogP contribution in [-0.4, -0.2) is 44.8 Å². The Bertz CT molecular complexity index is 382. The van der Waals surface area contributed by atoms with Gasteiger partial charge < -0.3 is 9.84 Å². The normalized spacial score (nSPS) is 24.6. The van der Waals surface area contributed by atoms with E-state index in [2.05, 4.69) is 9.44 Å². The van der Waals surface area contributed by atoms with Gasteiger partial charge in [0.05, 0.1) is 6.10 Å². The van der Waals surface area contributed by atoms with E-state index in [4.69, 9.17) is 9.84 Å². The van der Waals surface area contributed by atoms with Crippen molar-refractivity contribution in [2.45, 2.75) is 38.9 Å². The van der Waals surface area contributed by atoms with E-state index in [1.807, 2.05) is 13.8 Å². The standard InChI is InChI=1S/C10H20N2O5S/c1-7(2)5-11-18(15,16)12-6-8-3-4-9(17-8)10(13)14/h7-9,11-12H,3-6H2,1-2H3,(H,13,14). The highest BCUT2D eigenvalue weighted by Crippen LogP contribution is 2.19. The fourth-order valence-electron chi connectivity index (χ4n) is 1.57. The highest BCUT2D eigenvalue weighted by molar-refractivity contribution is 7.87. The van der Waals surface area contributed by atoms with Crippen LogP contribution < -0.4 is 9.44 Å². The Morgan fingerprint density at radius 2 is 2.06 bits per heavy atom. The van der Waals surface area contributed by atoms with Crippen LogP contribution in [0.3, 0.4) is 0 Å². The van der Waals surface area contributed by atoms with Crippen LogP contribution in [0, 0.1) is 5.92 Å². The molecule has 2 atom stereocenters. The summed E-state index contributed by atoms with van der Waals surface area (Å²) in [7, 11) is -3.53. The van der Waals surface area contributed by atoms with Gasteiger partial charge in [0, 0.05) is 13.1 Å². The lowest BCUT2D eigenvalue weighted by Gasteiger charge is -2.13. The van der Waals surface area contributed by atoms with E-state index in [1.165, 1.54) is 0 Å². The van der Waals surface area contributed by atoms with E-state index in [1.54, 1.807) is 0 Å². The summed E-state index contributed by atoms with van der Waals surface area (Å²) in [6.45, 7) is 4.26. The Hall–Kier alpha value is -0.700. The highest BCUT2D eigenvalue weighted by atomic mass is 32.2. The minimum Gasteiger partial charge on any atom is -0.479 e. The van der Waals surface area contributed by atoms with Crippen molar-refractivity contribution < 1.29 is 23.1 Å². The second kappa shape index (κ2) is 6.46. The van der Waals surface area contributed by atoms with Crippen LogP contribution in [-0.2, 0) is 19.7 Å². The molecule has 1 aliphatic heterocycles. The molecule has 8 heteroatoms. The Balaban J connectivity index is 2.31. The van der Waals surface area contributed by atoms with Crippen LogP contribution >= 0.6 is 0 Å². The maximum Gasteiger partial charge on any atom is 0.332 e. The van der Waals surface area contributed by atoms with Crippen molar-refractivity contribution in [2.75, 3.05) is 13.1 Å². The summed E-state index contributed by atoms with van der Waals surface area (Å²) >= 11 is 0. The third-order valence-electron chi connectivity index (χ3n) is 2.57. The summed E-state index contributed by atoms with van der Waals surface area (Å²) in [6, 6.07) is 0. The lowest BCUT2D eigenvalue weighted by molar-refractivity contribution is -0.149. The molecule has 18 heavy (non-hydrogen) atoms. The average Bonchev–Trinajstić information content (AvgIpc) is 2.73. The first kappa shape index (κ1) is 15.4. The van der Waals surface area contributed by atoms with Gasteiger partial charge in [0.15, 0.2) is 6.10 Å². The number of aliphatic carboxylic acids is 1. The molecule has 3 N–H and O–H groups in total. The van der Waals surface area contributed by atoms with Crippen LogP contribution in [0.1, 0.15) is 26.7 Å². The predicted octanol–water partition coefficient (Wildman–Crippen LogP) is -0.301. The molecule has 1 aliphatic rings. The number of carboxylic acids is 1. The van der Waals surface area contributed by atoms with Crippen molar-refractivity contribution >= 4 is 16.2 Å². The van der Waals surface area contributed by atoms with Gasteiger partial charge in [0.1, 0.15) is 0 Å². The van der Waals surface area contributed by atoms with Crippen LogP contribution in [0.25, 0.3) is 0 Å². The molecular weight excluding hydrogens is 260 g/mol. The van der Waals surface area contributed by atoms with Crippen LogP contribution in [0.5, 0.6) is 0 Å². The second-order valence-corrected chi connectivity index (χ2v) is 6.34. The summed E-state index contributed by atoms with van der Waals surface area (Å²) in [6.07, 6.45) is -0.227. The van der Waals surface area contributed by atoms with Gasteiger partial charge >= 0.3 is 5.97 Å². The van der Waals surface area contributed by atoms with Crippen molar-refractivity contribution in [3.05, 3.63) is 0 Å². The quantitative estimate of drug-likeness (QED) is 0.594. The molecule has 0 saturated carbocycles. The molecule has 0 bridgehead atoms. The number of rotatable bonds is 7. The summed E-state index contributed by atoms with van der Waals surface area (Å²) in [5.41, 5.74) is 0. The van der Waals surface area contributed by atoms with E-state index < -0.39 is 22.3 Å². The molecule has 0 aromatic rings. The van der Waals surface area contributed by atoms with Gasteiger partial charge in [-0.2, -0.15) is 13.1 Å². The van der Waals surface area contributed by atoms with E-state index in [0.717, 1.165) is 0 Å². The summed E-state index contributed by atoms with van der Waals surface area (Å²) < 4.78 is 33.0. The number of ether oxygens (including phenoxy) is 1. The second-order valence-electron chi connectivity index (χ2n) is 4.76. The smallest absolute Gasteiger partial charge is 0.332 e. The fraction of sp³-hybridized carbons (Fsp3) is 0.900. The lowest BCUT2D eigenvalue weighted by atomic mass is 10.2. The maximum absolute atomic E-state index is 11.5. The summed E-state index contributed by atoms with van der Waals surface area (Å²) in [4.78, 5) is 10.6. The molecular formula is C10H20N2O5S. The molecule has 0 aromatic carbocycles. The molecule has 0 amide bonds.